The van der Waals surface area contributed by atoms with Crippen LogP contribution in [0.25, 0.3) is 6.08 Å². The third-order valence-electron chi connectivity index (χ3n) is 2.47. The molecule has 1 aromatic carbocycles. The van der Waals surface area contributed by atoms with Crippen molar-refractivity contribution < 1.29 is 14.6 Å². The number of carbonyl (C=O) groups is 1. The van der Waals surface area contributed by atoms with Crippen LogP contribution in [0, 0.1) is 0 Å². The Kier molecular flexibility index (Phi) is 7.40. The van der Waals surface area contributed by atoms with Crippen LogP contribution in [0.2, 0.25) is 0 Å². The van der Waals surface area contributed by atoms with Gasteiger partial charge in [0.2, 0.25) is 5.91 Å². The highest BCUT2D eigenvalue weighted by Crippen LogP contribution is 2.12. The number of halogens is 1. The number of ether oxygens (including phenoxy) is 1. The number of nitrogens with one attached hydrogen (secondary N) is 1. The molecule has 2 N–H and O–H groups in total. The van der Waals surface area contributed by atoms with Crippen LogP contribution in [0.5, 0.6) is 0 Å². The summed E-state index contributed by atoms with van der Waals surface area (Å²) < 4.78 is 5.95. The van der Waals surface area contributed by atoms with E-state index in [9.17, 15) is 4.79 Å². The van der Waals surface area contributed by atoms with E-state index >= 15 is 0 Å². The monoisotopic (exact) mass is 327 g/mol. The molecule has 0 heterocycles. The molecule has 1 unspecified atom stereocenters. The maximum Gasteiger partial charge on any atom is 0.244 e. The van der Waals surface area contributed by atoms with E-state index in [0.717, 1.165) is 10.0 Å². The zero-order chi connectivity index (χ0) is 14.1. The number of benzene rings is 1. The zero-order valence-corrected chi connectivity index (χ0v) is 12.4. The number of hydrogen-bond donors (Lipinski definition) is 2. The topological polar surface area (TPSA) is 58.6 Å². The molecular formula is C14H18BrNO3. The van der Waals surface area contributed by atoms with Crippen molar-refractivity contribution in [3.05, 3.63) is 40.4 Å². The number of amides is 1. The Morgan fingerprint density at radius 3 is 3.00 bits per heavy atom. The van der Waals surface area contributed by atoms with Crippen molar-refractivity contribution in [2.24, 2.45) is 0 Å². The minimum absolute atomic E-state index is 0.0175. The lowest BCUT2D eigenvalue weighted by Gasteiger charge is -2.15. The third kappa shape index (κ3) is 6.52. The van der Waals surface area contributed by atoms with Gasteiger partial charge >= 0.3 is 0 Å². The van der Waals surface area contributed by atoms with Crippen LogP contribution in [0.3, 0.4) is 0 Å². The van der Waals surface area contributed by atoms with E-state index in [1.807, 2.05) is 24.3 Å². The molecule has 0 spiro atoms. The smallest absolute Gasteiger partial charge is 0.244 e. The van der Waals surface area contributed by atoms with Gasteiger partial charge in [-0.15, -0.1) is 0 Å². The predicted octanol–water partition coefficient (Wildman–Crippen LogP) is 1.98. The standard InChI is InChI=1S/C14H18BrNO3/c1-19-10-13(7-8-17)16-14(18)6-5-11-3-2-4-12(15)9-11/h2-6,9,13,17H,7-8,10H2,1H3,(H,16,18)/b6-5+. The van der Waals surface area contributed by atoms with Gasteiger partial charge in [-0.2, -0.15) is 0 Å². The summed E-state index contributed by atoms with van der Waals surface area (Å²) in [5.74, 6) is -0.199. The summed E-state index contributed by atoms with van der Waals surface area (Å²) in [6.45, 7) is 0.403. The van der Waals surface area contributed by atoms with E-state index < -0.39 is 0 Å². The quantitative estimate of drug-likeness (QED) is 0.753. The molecule has 0 aliphatic heterocycles. The molecule has 0 aromatic heterocycles. The van der Waals surface area contributed by atoms with Crippen molar-refractivity contribution in [1.29, 1.82) is 0 Å². The molecule has 1 atom stereocenters. The Bertz CT molecular complexity index is 428. The first kappa shape index (κ1) is 15.9. The second-order valence-corrected chi connectivity index (χ2v) is 4.98. The summed E-state index contributed by atoms with van der Waals surface area (Å²) in [5.41, 5.74) is 0.940. The fourth-order valence-corrected chi connectivity index (χ4v) is 2.00. The highest BCUT2D eigenvalue weighted by Gasteiger charge is 2.09. The Morgan fingerprint density at radius 2 is 2.37 bits per heavy atom. The lowest BCUT2D eigenvalue weighted by molar-refractivity contribution is -0.117. The van der Waals surface area contributed by atoms with Crippen LogP contribution in [0.4, 0.5) is 0 Å². The van der Waals surface area contributed by atoms with Crippen molar-refractivity contribution in [3.63, 3.8) is 0 Å². The lowest BCUT2D eigenvalue weighted by Crippen LogP contribution is -2.37. The second-order valence-electron chi connectivity index (χ2n) is 4.06. The van der Waals surface area contributed by atoms with Crippen molar-refractivity contribution in [1.82, 2.24) is 5.32 Å². The van der Waals surface area contributed by atoms with Crippen LogP contribution in [0.1, 0.15) is 12.0 Å². The van der Waals surface area contributed by atoms with Gasteiger partial charge in [-0.05, 0) is 30.2 Å². The van der Waals surface area contributed by atoms with E-state index in [4.69, 9.17) is 9.84 Å². The number of aliphatic hydroxyl groups is 1. The fourth-order valence-electron chi connectivity index (χ4n) is 1.59. The van der Waals surface area contributed by atoms with Gasteiger partial charge in [-0.25, -0.2) is 0 Å². The molecule has 1 amide bonds. The molecular weight excluding hydrogens is 310 g/mol. The van der Waals surface area contributed by atoms with Gasteiger partial charge in [-0.1, -0.05) is 28.1 Å². The van der Waals surface area contributed by atoms with Gasteiger partial charge in [0.05, 0.1) is 12.6 Å². The van der Waals surface area contributed by atoms with Crippen LogP contribution in [0.15, 0.2) is 34.8 Å². The van der Waals surface area contributed by atoms with Crippen molar-refractivity contribution in [2.45, 2.75) is 12.5 Å². The summed E-state index contributed by atoms with van der Waals surface area (Å²) in [6, 6.07) is 7.49. The van der Waals surface area contributed by atoms with E-state index in [1.54, 1.807) is 13.2 Å². The van der Waals surface area contributed by atoms with Gasteiger partial charge in [0, 0.05) is 24.3 Å². The first-order valence-electron chi connectivity index (χ1n) is 5.99. The molecule has 0 saturated carbocycles. The summed E-state index contributed by atoms with van der Waals surface area (Å²) in [7, 11) is 1.56. The molecule has 5 heteroatoms. The number of rotatable bonds is 7. The zero-order valence-electron chi connectivity index (χ0n) is 10.8. The molecule has 0 saturated heterocycles. The summed E-state index contributed by atoms with van der Waals surface area (Å²) in [4.78, 5) is 11.7. The molecule has 0 aliphatic rings. The van der Waals surface area contributed by atoms with E-state index in [2.05, 4.69) is 21.2 Å². The predicted molar refractivity (Wildman–Crippen MR) is 78.7 cm³/mol. The molecule has 19 heavy (non-hydrogen) atoms. The Morgan fingerprint density at radius 1 is 1.58 bits per heavy atom. The second kappa shape index (κ2) is 8.85. The number of aliphatic hydroxyl groups excluding tert-OH is 1. The van der Waals surface area contributed by atoms with Crippen LogP contribution < -0.4 is 5.32 Å². The van der Waals surface area contributed by atoms with Gasteiger partial charge in [0.1, 0.15) is 0 Å². The Balaban J connectivity index is 2.53. The molecule has 4 nitrogen and oxygen atoms in total. The van der Waals surface area contributed by atoms with Crippen molar-refractivity contribution in [3.8, 4) is 0 Å². The Hall–Kier alpha value is -1.17. The highest BCUT2D eigenvalue weighted by atomic mass is 79.9. The minimum Gasteiger partial charge on any atom is -0.396 e. The van der Waals surface area contributed by atoms with Gasteiger partial charge in [0.25, 0.3) is 0 Å². The molecule has 0 radical (unpaired) electrons. The van der Waals surface area contributed by atoms with E-state index in [-0.39, 0.29) is 18.6 Å². The number of carbonyl (C=O) groups excluding carboxylic acids is 1. The first-order valence-corrected chi connectivity index (χ1v) is 6.79. The average molecular weight is 328 g/mol. The first-order chi connectivity index (χ1) is 9.15. The van der Waals surface area contributed by atoms with Crippen LogP contribution in [-0.2, 0) is 9.53 Å². The summed E-state index contributed by atoms with van der Waals surface area (Å²) in [5, 5.41) is 11.7. The lowest BCUT2D eigenvalue weighted by atomic mass is 10.2. The van der Waals surface area contributed by atoms with E-state index in [0.29, 0.717) is 13.0 Å². The van der Waals surface area contributed by atoms with Crippen LogP contribution in [-0.4, -0.2) is 37.4 Å². The number of methoxy groups -OCH3 is 1. The molecule has 0 aliphatic carbocycles. The average Bonchev–Trinajstić information content (AvgIpc) is 2.37. The van der Waals surface area contributed by atoms with E-state index in [1.165, 1.54) is 6.08 Å². The minimum atomic E-state index is -0.199. The van der Waals surface area contributed by atoms with Crippen molar-refractivity contribution in [2.75, 3.05) is 20.3 Å². The number of hydrogen-bond acceptors (Lipinski definition) is 3. The van der Waals surface area contributed by atoms with Gasteiger partial charge in [0.15, 0.2) is 0 Å². The molecule has 104 valence electrons. The Labute approximate surface area is 121 Å². The normalized spacial score (nSPS) is 12.6. The highest BCUT2D eigenvalue weighted by molar-refractivity contribution is 9.10. The largest absolute Gasteiger partial charge is 0.396 e. The maximum absolute atomic E-state index is 11.7. The molecule has 1 rings (SSSR count). The molecule has 1 aromatic rings. The van der Waals surface area contributed by atoms with Gasteiger partial charge < -0.3 is 15.2 Å². The fraction of sp³-hybridized carbons (Fsp3) is 0.357. The maximum atomic E-state index is 11.7. The summed E-state index contributed by atoms with van der Waals surface area (Å²) in [6.07, 6.45) is 3.69. The van der Waals surface area contributed by atoms with Crippen molar-refractivity contribution >= 4 is 27.9 Å². The molecule has 0 bridgehead atoms. The molecule has 0 fully saturated rings. The SMILES string of the molecule is COCC(CCO)NC(=O)/C=C/c1cccc(Br)c1. The third-order valence-corrected chi connectivity index (χ3v) is 2.96. The summed E-state index contributed by atoms with van der Waals surface area (Å²) >= 11 is 3.37. The van der Waals surface area contributed by atoms with Crippen LogP contribution >= 0.6 is 15.9 Å². The van der Waals surface area contributed by atoms with Gasteiger partial charge in [-0.3, -0.25) is 4.79 Å².